The third-order valence-corrected chi connectivity index (χ3v) is 3.66. The maximum Gasteiger partial charge on any atom is 0.285 e. The second-order valence-electron chi connectivity index (χ2n) is 3.52. The SMILES string of the molecule is NC/C=C/CN1C=NS(=O)(=O)c2ccccc21. The molecule has 90 valence electrons. The van der Waals surface area contributed by atoms with Crippen molar-refractivity contribution in [2.75, 3.05) is 18.0 Å². The zero-order valence-corrected chi connectivity index (χ0v) is 9.97. The number of para-hydroxylation sites is 1. The Morgan fingerprint density at radius 3 is 2.82 bits per heavy atom. The van der Waals surface area contributed by atoms with Gasteiger partial charge < -0.3 is 10.6 Å². The first-order valence-corrected chi connectivity index (χ1v) is 6.60. The van der Waals surface area contributed by atoms with E-state index in [4.69, 9.17) is 5.73 Å². The van der Waals surface area contributed by atoms with Crippen molar-refractivity contribution in [1.82, 2.24) is 0 Å². The first-order valence-electron chi connectivity index (χ1n) is 5.16. The van der Waals surface area contributed by atoms with E-state index in [-0.39, 0.29) is 4.90 Å². The Morgan fingerprint density at radius 2 is 2.06 bits per heavy atom. The summed E-state index contributed by atoms with van der Waals surface area (Å²) < 4.78 is 26.9. The fraction of sp³-hybridized carbons (Fsp3) is 0.182. The number of benzene rings is 1. The van der Waals surface area contributed by atoms with Crippen LogP contribution in [0, 0.1) is 0 Å². The Labute approximate surface area is 100 Å². The number of hydrogen-bond donors (Lipinski definition) is 1. The molecule has 6 heteroatoms. The van der Waals surface area contributed by atoms with Crippen LogP contribution < -0.4 is 10.6 Å². The van der Waals surface area contributed by atoms with Crippen LogP contribution in [0.15, 0.2) is 45.7 Å². The quantitative estimate of drug-likeness (QED) is 0.804. The van der Waals surface area contributed by atoms with E-state index >= 15 is 0 Å². The number of sulfonamides is 1. The van der Waals surface area contributed by atoms with Crippen LogP contribution in [0.1, 0.15) is 0 Å². The smallest absolute Gasteiger partial charge is 0.285 e. The highest BCUT2D eigenvalue weighted by Crippen LogP contribution is 2.28. The van der Waals surface area contributed by atoms with Gasteiger partial charge in [-0.1, -0.05) is 24.3 Å². The first kappa shape index (κ1) is 11.8. The molecule has 0 atom stereocenters. The van der Waals surface area contributed by atoms with Crippen molar-refractivity contribution >= 4 is 22.0 Å². The van der Waals surface area contributed by atoms with Gasteiger partial charge in [-0.3, -0.25) is 0 Å². The lowest BCUT2D eigenvalue weighted by Gasteiger charge is -2.23. The lowest BCUT2D eigenvalue weighted by molar-refractivity contribution is 0.597. The van der Waals surface area contributed by atoms with Crippen LogP contribution in [-0.4, -0.2) is 27.8 Å². The van der Waals surface area contributed by atoms with Gasteiger partial charge in [-0.2, -0.15) is 8.42 Å². The van der Waals surface area contributed by atoms with Gasteiger partial charge in [0.2, 0.25) is 0 Å². The topological polar surface area (TPSA) is 75.8 Å². The molecule has 0 unspecified atom stereocenters. The third-order valence-electron chi connectivity index (χ3n) is 2.38. The van der Waals surface area contributed by atoms with E-state index in [9.17, 15) is 8.42 Å². The number of rotatable bonds is 3. The van der Waals surface area contributed by atoms with Gasteiger partial charge in [0, 0.05) is 13.1 Å². The molecule has 0 amide bonds. The maximum atomic E-state index is 11.7. The summed E-state index contributed by atoms with van der Waals surface area (Å²) in [5.74, 6) is 0. The fourth-order valence-electron chi connectivity index (χ4n) is 1.58. The highest BCUT2D eigenvalue weighted by atomic mass is 32.2. The van der Waals surface area contributed by atoms with Gasteiger partial charge in [-0.15, -0.1) is 4.40 Å². The molecule has 0 bridgehead atoms. The Bertz CT molecular complexity index is 564. The largest absolute Gasteiger partial charge is 0.327 e. The lowest BCUT2D eigenvalue weighted by Crippen LogP contribution is -2.27. The lowest BCUT2D eigenvalue weighted by atomic mass is 10.3. The molecule has 1 aromatic carbocycles. The Kier molecular flexibility index (Phi) is 3.26. The molecular formula is C11H13N3O2S. The second kappa shape index (κ2) is 4.68. The van der Waals surface area contributed by atoms with E-state index in [1.54, 1.807) is 29.2 Å². The molecule has 5 nitrogen and oxygen atoms in total. The average Bonchev–Trinajstić information content (AvgIpc) is 2.33. The zero-order valence-electron chi connectivity index (χ0n) is 9.15. The predicted octanol–water partition coefficient (Wildman–Crippen LogP) is 0.738. The monoisotopic (exact) mass is 251 g/mol. The van der Waals surface area contributed by atoms with Crippen molar-refractivity contribution in [3.05, 3.63) is 36.4 Å². The van der Waals surface area contributed by atoms with E-state index in [1.807, 2.05) is 12.2 Å². The van der Waals surface area contributed by atoms with Crippen LogP contribution in [0.25, 0.3) is 0 Å². The predicted molar refractivity (Wildman–Crippen MR) is 67.7 cm³/mol. The summed E-state index contributed by atoms with van der Waals surface area (Å²) in [5, 5.41) is 0. The van der Waals surface area contributed by atoms with Crippen molar-refractivity contribution in [3.63, 3.8) is 0 Å². The van der Waals surface area contributed by atoms with Crippen LogP contribution in [0.5, 0.6) is 0 Å². The highest BCUT2D eigenvalue weighted by Gasteiger charge is 2.23. The summed E-state index contributed by atoms with van der Waals surface area (Å²) >= 11 is 0. The van der Waals surface area contributed by atoms with Crippen LogP contribution in [0.4, 0.5) is 5.69 Å². The molecule has 0 saturated carbocycles. The van der Waals surface area contributed by atoms with Crippen molar-refractivity contribution in [1.29, 1.82) is 0 Å². The number of nitrogens with two attached hydrogens (primary N) is 1. The Balaban J connectivity index is 2.37. The Morgan fingerprint density at radius 1 is 1.29 bits per heavy atom. The van der Waals surface area contributed by atoms with Gasteiger partial charge in [-0.05, 0) is 12.1 Å². The summed E-state index contributed by atoms with van der Waals surface area (Å²) in [6.45, 7) is 1.01. The van der Waals surface area contributed by atoms with Crippen LogP contribution in [0.3, 0.4) is 0 Å². The summed E-state index contributed by atoms with van der Waals surface area (Å²) in [4.78, 5) is 2.01. The molecule has 1 heterocycles. The highest BCUT2D eigenvalue weighted by molar-refractivity contribution is 7.90. The number of fused-ring (bicyclic) bond motifs is 1. The number of nitrogens with zero attached hydrogens (tertiary/aromatic N) is 2. The van der Waals surface area contributed by atoms with E-state index in [2.05, 4.69) is 4.40 Å². The van der Waals surface area contributed by atoms with Gasteiger partial charge in [0.25, 0.3) is 10.0 Å². The van der Waals surface area contributed by atoms with Gasteiger partial charge in [-0.25, -0.2) is 0 Å². The molecule has 1 aliphatic heterocycles. The average molecular weight is 251 g/mol. The van der Waals surface area contributed by atoms with Gasteiger partial charge in [0.05, 0.1) is 5.69 Å². The molecule has 0 spiro atoms. The molecule has 0 saturated heterocycles. The molecule has 0 aromatic heterocycles. The minimum absolute atomic E-state index is 0.239. The molecule has 1 aromatic rings. The van der Waals surface area contributed by atoms with Crippen molar-refractivity contribution in [3.8, 4) is 0 Å². The third kappa shape index (κ3) is 2.37. The summed E-state index contributed by atoms with van der Waals surface area (Å²) in [7, 11) is -3.53. The molecule has 1 aliphatic rings. The summed E-state index contributed by atoms with van der Waals surface area (Å²) in [6, 6.07) is 6.80. The summed E-state index contributed by atoms with van der Waals surface area (Å²) in [5.41, 5.74) is 5.99. The number of anilines is 1. The van der Waals surface area contributed by atoms with E-state index in [0.717, 1.165) is 0 Å². The Hall–Kier alpha value is -1.66. The molecule has 0 aliphatic carbocycles. The van der Waals surface area contributed by atoms with E-state index in [0.29, 0.717) is 18.8 Å². The number of hydrogen-bond acceptors (Lipinski definition) is 4. The minimum Gasteiger partial charge on any atom is -0.327 e. The fourth-order valence-corrected chi connectivity index (χ4v) is 2.63. The molecule has 0 fully saturated rings. The second-order valence-corrected chi connectivity index (χ2v) is 5.12. The molecule has 2 rings (SSSR count). The molecule has 0 radical (unpaired) electrons. The van der Waals surface area contributed by atoms with Gasteiger partial charge in [0.15, 0.2) is 0 Å². The molecular weight excluding hydrogens is 238 g/mol. The molecule has 2 N–H and O–H groups in total. The van der Waals surface area contributed by atoms with Crippen molar-refractivity contribution < 1.29 is 8.42 Å². The van der Waals surface area contributed by atoms with E-state index in [1.165, 1.54) is 6.34 Å². The maximum absolute atomic E-state index is 11.7. The van der Waals surface area contributed by atoms with Crippen LogP contribution in [0.2, 0.25) is 0 Å². The van der Waals surface area contributed by atoms with Crippen LogP contribution >= 0.6 is 0 Å². The normalized spacial score (nSPS) is 17.4. The van der Waals surface area contributed by atoms with Gasteiger partial charge in [0.1, 0.15) is 11.2 Å². The molecule has 17 heavy (non-hydrogen) atoms. The zero-order chi connectivity index (χ0) is 12.3. The van der Waals surface area contributed by atoms with Crippen molar-refractivity contribution in [2.24, 2.45) is 10.1 Å². The first-order chi connectivity index (χ1) is 8.15. The van der Waals surface area contributed by atoms with Crippen molar-refractivity contribution in [2.45, 2.75) is 4.90 Å². The van der Waals surface area contributed by atoms with E-state index < -0.39 is 10.0 Å². The standard InChI is InChI=1S/C11H13N3O2S/c12-7-3-4-8-14-9-13-17(15,16)11-6-2-1-5-10(11)14/h1-6,9H,7-8,12H2/b4-3+. The summed E-state index contributed by atoms with van der Waals surface area (Å²) in [6.07, 6.45) is 5.03. The van der Waals surface area contributed by atoms with Gasteiger partial charge >= 0.3 is 0 Å². The minimum atomic E-state index is -3.53. The van der Waals surface area contributed by atoms with Crippen LogP contribution in [-0.2, 0) is 10.0 Å².